The average Bonchev–Trinajstić information content (AvgIpc) is 2.36. The fraction of sp³-hybridized carbons (Fsp3) is 0.538. The summed E-state index contributed by atoms with van der Waals surface area (Å²) in [6, 6.07) is 1.46. The van der Waals surface area contributed by atoms with Gasteiger partial charge in [-0.1, -0.05) is 13.3 Å². The molecule has 1 aliphatic rings. The molecule has 0 bridgehead atoms. The highest BCUT2D eigenvalue weighted by atomic mass is 16.5. The molecule has 0 spiro atoms. The summed E-state index contributed by atoms with van der Waals surface area (Å²) >= 11 is 0. The van der Waals surface area contributed by atoms with Crippen LogP contribution in [0, 0.1) is 0 Å². The van der Waals surface area contributed by atoms with Crippen LogP contribution in [0.2, 0.25) is 0 Å². The summed E-state index contributed by atoms with van der Waals surface area (Å²) in [5.41, 5.74) is 0.161. The Hall–Kier alpha value is -1.78. The Morgan fingerprint density at radius 2 is 2.11 bits per heavy atom. The number of carbonyl (C=O) groups excluding carboxylic acids is 1. The molecule has 1 aromatic heterocycles. The molecule has 18 heavy (non-hydrogen) atoms. The molecule has 0 aliphatic carbocycles. The van der Waals surface area contributed by atoms with Crippen molar-refractivity contribution in [2.24, 2.45) is 0 Å². The highest BCUT2D eigenvalue weighted by Crippen LogP contribution is 2.19. The lowest BCUT2D eigenvalue weighted by atomic mass is 10.2. The van der Waals surface area contributed by atoms with Crippen LogP contribution in [0.4, 0.5) is 0 Å². The zero-order valence-electron chi connectivity index (χ0n) is 10.8. The Bertz CT molecular complexity index is 507. The number of aromatic nitrogens is 1. The summed E-state index contributed by atoms with van der Waals surface area (Å²) in [4.78, 5) is 25.5. The van der Waals surface area contributed by atoms with Crippen LogP contribution in [-0.4, -0.2) is 35.6 Å². The highest BCUT2D eigenvalue weighted by Gasteiger charge is 2.26. The Balaban J connectivity index is 2.38. The van der Waals surface area contributed by atoms with Crippen molar-refractivity contribution in [1.29, 1.82) is 0 Å². The van der Waals surface area contributed by atoms with Gasteiger partial charge >= 0.3 is 0 Å². The van der Waals surface area contributed by atoms with Crippen molar-refractivity contribution in [2.75, 3.05) is 20.2 Å². The number of rotatable bonds is 4. The van der Waals surface area contributed by atoms with Crippen LogP contribution in [0.1, 0.15) is 30.3 Å². The molecule has 1 aliphatic heterocycles. The van der Waals surface area contributed by atoms with E-state index in [1.165, 1.54) is 6.07 Å². The fourth-order valence-electron chi connectivity index (χ4n) is 1.96. The molecule has 5 nitrogen and oxygen atoms in total. The Kier molecular flexibility index (Phi) is 3.69. The lowest BCUT2D eigenvalue weighted by Crippen LogP contribution is -2.39. The van der Waals surface area contributed by atoms with Gasteiger partial charge < -0.3 is 14.2 Å². The van der Waals surface area contributed by atoms with Gasteiger partial charge in [0.25, 0.3) is 5.91 Å². The zero-order valence-corrected chi connectivity index (χ0v) is 10.8. The van der Waals surface area contributed by atoms with Gasteiger partial charge in [-0.2, -0.15) is 0 Å². The molecule has 2 heterocycles. The smallest absolute Gasteiger partial charge is 0.274 e. The normalized spacial score (nSPS) is 14.6. The summed E-state index contributed by atoms with van der Waals surface area (Å²) in [6.45, 7) is 3.88. The van der Waals surface area contributed by atoms with Crippen molar-refractivity contribution in [3.05, 3.63) is 28.2 Å². The predicted octanol–water partition coefficient (Wildman–Crippen LogP) is 1.11. The molecule has 0 saturated heterocycles. The van der Waals surface area contributed by atoms with Crippen molar-refractivity contribution in [1.82, 2.24) is 9.47 Å². The minimum atomic E-state index is -0.221. The number of hydrogen-bond acceptors (Lipinski definition) is 3. The second kappa shape index (κ2) is 5.25. The minimum Gasteiger partial charge on any atom is -0.487 e. The second-order valence-corrected chi connectivity index (χ2v) is 4.48. The van der Waals surface area contributed by atoms with Crippen LogP contribution in [0.3, 0.4) is 0 Å². The molecule has 5 heteroatoms. The first-order valence-corrected chi connectivity index (χ1v) is 6.27. The molecular weight excluding hydrogens is 232 g/mol. The molecule has 0 fully saturated rings. The average molecular weight is 250 g/mol. The van der Waals surface area contributed by atoms with Crippen LogP contribution >= 0.6 is 0 Å². The number of carbonyl (C=O) groups is 1. The molecule has 0 N–H and O–H groups in total. The van der Waals surface area contributed by atoms with Gasteiger partial charge in [-0.15, -0.1) is 0 Å². The van der Waals surface area contributed by atoms with Gasteiger partial charge in [0.15, 0.2) is 11.4 Å². The van der Waals surface area contributed by atoms with Crippen LogP contribution < -0.4 is 10.2 Å². The monoisotopic (exact) mass is 250 g/mol. The van der Waals surface area contributed by atoms with E-state index in [-0.39, 0.29) is 17.1 Å². The van der Waals surface area contributed by atoms with Crippen LogP contribution in [-0.2, 0) is 6.54 Å². The third-order valence-electron chi connectivity index (χ3n) is 3.10. The van der Waals surface area contributed by atoms with E-state index in [2.05, 4.69) is 6.92 Å². The maximum Gasteiger partial charge on any atom is 0.274 e. The van der Waals surface area contributed by atoms with Gasteiger partial charge in [-0.25, -0.2) is 0 Å². The fourth-order valence-corrected chi connectivity index (χ4v) is 1.96. The van der Waals surface area contributed by atoms with E-state index >= 15 is 0 Å². The summed E-state index contributed by atoms with van der Waals surface area (Å²) in [5.74, 6) is 0.0490. The topological polar surface area (TPSA) is 51.5 Å². The lowest BCUT2D eigenvalue weighted by molar-refractivity contribution is 0.0739. The summed E-state index contributed by atoms with van der Waals surface area (Å²) in [6.07, 6.45) is 3.53. The SMILES string of the molecule is CCCCOc1c2n(ccc1=O)CCN(C)C2=O. The number of hydrogen-bond donors (Lipinski definition) is 0. The third kappa shape index (κ3) is 2.25. The predicted molar refractivity (Wildman–Crippen MR) is 68.1 cm³/mol. The van der Waals surface area contributed by atoms with Gasteiger partial charge in [-0.3, -0.25) is 9.59 Å². The quantitative estimate of drug-likeness (QED) is 0.752. The second-order valence-electron chi connectivity index (χ2n) is 4.48. The number of ether oxygens (including phenoxy) is 1. The van der Waals surface area contributed by atoms with Crippen molar-refractivity contribution >= 4 is 5.91 Å². The van der Waals surface area contributed by atoms with Crippen molar-refractivity contribution < 1.29 is 9.53 Å². The first kappa shape index (κ1) is 12.7. The molecule has 0 aromatic carbocycles. The Labute approximate surface area is 106 Å². The van der Waals surface area contributed by atoms with E-state index < -0.39 is 0 Å². The number of amides is 1. The number of nitrogens with zero attached hydrogens (tertiary/aromatic N) is 2. The van der Waals surface area contributed by atoms with Gasteiger partial charge in [0.05, 0.1) is 6.61 Å². The van der Waals surface area contributed by atoms with Gasteiger partial charge in [-0.05, 0) is 6.42 Å². The van der Waals surface area contributed by atoms with Crippen LogP contribution in [0.25, 0.3) is 0 Å². The van der Waals surface area contributed by atoms with E-state index in [4.69, 9.17) is 4.74 Å². The van der Waals surface area contributed by atoms with Gasteiger partial charge in [0.1, 0.15) is 0 Å². The van der Waals surface area contributed by atoms with Crippen molar-refractivity contribution in [3.63, 3.8) is 0 Å². The molecule has 98 valence electrons. The molecule has 1 aromatic rings. The molecule has 0 radical (unpaired) electrons. The standard InChI is InChI=1S/C13H18N2O3/c1-3-4-9-18-12-10(16)5-6-15-8-7-14(2)13(17)11(12)15/h5-6H,3-4,7-9H2,1-2H3. The van der Waals surface area contributed by atoms with E-state index in [1.807, 2.05) is 0 Å². The summed E-state index contributed by atoms with van der Waals surface area (Å²) in [7, 11) is 1.74. The maximum atomic E-state index is 12.1. The van der Waals surface area contributed by atoms with E-state index in [9.17, 15) is 9.59 Å². The Morgan fingerprint density at radius 1 is 1.33 bits per heavy atom. The number of pyridine rings is 1. The number of fused-ring (bicyclic) bond motifs is 1. The van der Waals surface area contributed by atoms with Gasteiger partial charge in [0, 0.05) is 32.4 Å². The summed E-state index contributed by atoms with van der Waals surface area (Å²) in [5, 5.41) is 0. The molecule has 0 saturated carbocycles. The molecule has 1 amide bonds. The molecule has 0 atom stereocenters. The molecular formula is C13H18N2O3. The summed E-state index contributed by atoms with van der Waals surface area (Å²) < 4.78 is 7.31. The number of likely N-dealkylation sites (N-methyl/N-ethyl adjacent to an activating group) is 1. The van der Waals surface area contributed by atoms with Crippen LogP contribution in [0.5, 0.6) is 5.75 Å². The number of unbranched alkanes of at least 4 members (excludes halogenated alkanes) is 1. The van der Waals surface area contributed by atoms with E-state index in [0.717, 1.165) is 12.8 Å². The third-order valence-corrected chi connectivity index (χ3v) is 3.10. The van der Waals surface area contributed by atoms with Gasteiger partial charge in [0.2, 0.25) is 5.43 Å². The first-order valence-electron chi connectivity index (χ1n) is 6.27. The van der Waals surface area contributed by atoms with E-state index in [1.54, 1.807) is 22.7 Å². The van der Waals surface area contributed by atoms with Crippen molar-refractivity contribution in [3.8, 4) is 5.75 Å². The zero-order chi connectivity index (χ0) is 13.1. The molecule has 0 unspecified atom stereocenters. The lowest BCUT2D eigenvalue weighted by Gasteiger charge is -2.27. The first-order chi connectivity index (χ1) is 8.65. The highest BCUT2D eigenvalue weighted by molar-refractivity contribution is 5.95. The Morgan fingerprint density at radius 3 is 2.83 bits per heavy atom. The minimum absolute atomic E-state index is 0.148. The van der Waals surface area contributed by atoms with E-state index in [0.29, 0.717) is 25.4 Å². The van der Waals surface area contributed by atoms with Crippen LogP contribution in [0.15, 0.2) is 17.1 Å². The van der Waals surface area contributed by atoms with Crippen molar-refractivity contribution in [2.45, 2.75) is 26.3 Å². The largest absolute Gasteiger partial charge is 0.487 e. The maximum absolute atomic E-state index is 12.1. The molecule has 2 rings (SSSR count).